The highest BCUT2D eigenvalue weighted by molar-refractivity contribution is 7.86. The summed E-state index contributed by atoms with van der Waals surface area (Å²) in [6, 6.07) is 9.85. The van der Waals surface area contributed by atoms with Gasteiger partial charge in [-0.05, 0) is 68.5 Å². The van der Waals surface area contributed by atoms with Crippen LogP contribution in [0.25, 0.3) is 11.8 Å². The van der Waals surface area contributed by atoms with Crippen molar-refractivity contribution >= 4 is 43.6 Å². The van der Waals surface area contributed by atoms with Crippen molar-refractivity contribution in [3.8, 4) is 5.69 Å². The Labute approximate surface area is 211 Å². The van der Waals surface area contributed by atoms with Gasteiger partial charge in [0.1, 0.15) is 0 Å². The van der Waals surface area contributed by atoms with E-state index < -0.39 is 31.7 Å². The molecule has 0 bridgehead atoms. The lowest BCUT2D eigenvalue weighted by Gasteiger charge is -2.11. The van der Waals surface area contributed by atoms with Crippen LogP contribution in [0, 0.1) is 6.92 Å². The number of anilines is 1. The summed E-state index contributed by atoms with van der Waals surface area (Å²) in [5.41, 5.74) is 1.11. The number of amides is 1. The van der Waals surface area contributed by atoms with Gasteiger partial charge < -0.3 is 12.3 Å². The van der Waals surface area contributed by atoms with Gasteiger partial charge in [-0.3, -0.25) is 23.8 Å². The van der Waals surface area contributed by atoms with Crippen LogP contribution in [-0.4, -0.2) is 47.3 Å². The van der Waals surface area contributed by atoms with Gasteiger partial charge in [-0.2, -0.15) is 26.9 Å². The molecule has 0 aliphatic carbocycles. The van der Waals surface area contributed by atoms with E-state index in [0.29, 0.717) is 17.1 Å². The zero-order valence-corrected chi connectivity index (χ0v) is 21.2. The van der Waals surface area contributed by atoms with Crippen LogP contribution >= 0.6 is 0 Å². The third-order valence-electron chi connectivity index (χ3n) is 5.24. The fourth-order valence-electron chi connectivity index (χ4n) is 3.44. The number of carbonyl (C=O) groups excluding carboxylic acids is 1. The minimum absolute atomic E-state index is 0. The Morgan fingerprint density at radius 3 is 1.73 bits per heavy atom. The number of carbonyl (C=O) groups is 1. The number of hydrazone groups is 1. The van der Waals surface area contributed by atoms with Gasteiger partial charge in [0.05, 0.1) is 38.0 Å². The number of aromatic amines is 1. The second-order valence-electron chi connectivity index (χ2n) is 7.59. The molecule has 198 valence electrons. The van der Waals surface area contributed by atoms with Gasteiger partial charge in [0.15, 0.2) is 0 Å². The van der Waals surface area contributed by atoms with E-state index in [-0.39, 0.29) is 38.9 Å². The summed E-state index contributed by atoms with van der Waals surface area (Å²) in [7, 11) is -8.78. The van der Waals surface area contributed by atoms with Gasteiger partial charge >= 0.3 is 0 Å². The highest BCUT2D eigenvalue weighted by atomic mass is 32.2. The Bertz CT molecular complexity index is 1680. The van der Waals surface area contributed by atoms with Gasteiger partial charge in [0.25, 0.3) is 31.7 Å². The zero-order valence-electron chi connectivity index (χ0n) is 19.6. The number of rotatable bonds is 5. The predicted molar refractivity (Wildman–Crippen MR) is 136 cm³/mol. The van der Waals surface area contributed by atoms with Crippen LogP contribution in [0.1, 0.15) is 18.2 Å². The number of hydrogen-bond donors (Lipinski definition) is 5. The molecule has 2 aromatic carbocycles. The lowest BCUT2D eigenvalue weighted by molar-refractivity contribution is -0.114. The minimum atomic E-state index is -4.39. The topological polar surface area (TPSA) is 249 Å². The first-order valence-electron chi connectivity index (χ1n) is 9.86. The second kappa shape index (κ2) is 10.2. The lowest BCUT2D eigenvalue weighted by atomic mass is 10.1. The molecule has 9 N–H and O–H groups in total. The molecule has 14 nitrogen and oxygen atoms in total. The van der Waals surface area contributed by atoms with Crippen molar-refractivity contribution in [2.45, 2.75) is 23.6 Å². The first kappa shape index (κ1) is 29.3. The predicted octanol–water partition coefficient (Wildman–Crippen LogP) is 2.10. The normalized spacial score (nSPS) is 14.8. The molecule has 3 aromatic rings. The minimum Gasteiger partial charge on any atom is -0.344 e. The molecule has 0 atom stereocenters. The molecule has 0 saturated heterocycles. The number of hydrogen-bond acceptors (Lipinski definition) is 9. The van der Waals surface area contributed by atoms with Crippen LogP contribution in [0.2, 0.25) is 0 Å². The standard InChI is InChI=1S/C21H18N4O8S2.2H3N/c1-12-18(20(26)24(22-12)14-3-7-16(8-4-14)34(28,29)30)11-19-13(2)23-25(21(19)27)15-5-9-17(10-6-15)35(31,32)33;;/h3-11,22H,1-2H3,(H,28,29,30)(H,31,32,33);2*1H3. The van der Waals surface area contributed by atoms with Crippen LogP contribution in [-0.2, 0) is 25.0 Å². The first-order chi connectivity index (χ1) is 16.3. The third kappa shape index (κ3) is 5.58. The van der Waals surface area contributed by atoms with Crippen molar-refractivity contribution in [2.75, 3.05) is 5.01 Å². The number of nitrogens with zero attached hydrogens (tertiary/aromatic N) is 3. The average molecular weight is 553 g/mol. The summed E-state index contributed by atoms with van der Waals surface area (Å²) in [6.45, 7) is 3.19. The summed E-state index contributed by atoms with van der Waals surface area (Å²) in [4.78, 5) is 25.4. The van der Waals surface area contributed by atoms with E-state index in [4.69, 9.17) is 9.11 Å². The van der Waals surface area contributed by atoms with E-state index in [1.54, 1.807) is 13.8 Å². The van der Waals surface area contributed by atoms with Crippen molar-refractivity contribution in [1.29, 1.82) is 0 Å². The van der Waals surface area contributed by atoms with Crippen LogP contribution in [0.4, 0.5) is 5.69 Å². The molecule has 37 heavy (non-hydrogen) atoms. The smallest absolute Gasteiger partial charge is 0.294 e. The lowest BCUT2D eigenvalue weighted by Crippen LogP contribution is -2.22. The number of H-pyrrole nitrogens is 1. The highest BCUT2D eigenvalue weighted by Crippen LogP contribution is 2.26. The van der Waals surface area contributed by atoms with Crippen LogP contribution in [0.15, 0.2) is 73.8 Å². The fourth-order valence-corrected chi connectivity index (χ4v) is 4.40. The third-order valence-corrected chi connectivity index (χ3v) is 6.98. The Morgan fingerprint density at radius 1 is 0.811 bits per heavy atom. The van der Waals surface area contributed by atoms with Gasteiger partial charge in [0.2, 0.25) is 0 Å². The van der Waals surface area contributed by atoms with Gasteiger partial charge in [-0.25, -0.2) is 4.68 Å². The largest absolute Gasteiger partial charge is 0.344 e. The second-order valence-corrected chi connectivity index (χ2v) is 10.4. The number of benzene rings is 2. The quantitative estimate of drug-likeness (QED) is 0.227. The van der Waals surface area contributed by atoms with E-state index in [9.17, 15) is 26.4 Å². The fraction of sp³-hybridized carbons (Fsp3) is 0.0952. The Morgan fingerprint density at radius 2 is 1.27 bits per heavy atom. The molecular formula is C21H24N6O8S2. The Kier molecular flexibility index (Phi) is 8.08. The molecule has 0 radical (unpaired) electrons. The molecule has 1 aliphatic heterocycles. The van der Waals surface area contributed by atoms with Crippen molar-refractivity contribution in [1.82, 2.24) is 22.1 Å². The van der Waals surface area contributed by atoms with Crippen LogP contribution in [0.3, 0.4) is 0 Å². The Hall–Kier alpha value is -3.93. The van der Waals surface area contributed by atoms with E-state index in [0.717, 1.165) is 34.0 Å². The molecule has 1 aromatic heterocycles. The van der Waals surface area contributed by atoms with Gasteiger partial charge in [-0.15, -0.1) is 0 Å². The van der Waals surface area contributed by atoms with Gasteiger partial charge in [0, 0.05) is 5.69 Å². The Balaban J connectivity index is 0.00000241. The molecular weight excluding hydrogens is 528 g/mol. The molecule has 0 unspecified atom stereocenters. The summed E-state index contributed by atoms with van der Waals surface area (Å²) < 4.78 is 64.3. The summed E-state index contributed by atoms with van der Waals surface area (Å²) in [5, 5.41) is 8.09. The summed E-state index contributed by atoms with van der Waals surface area (Å²) >= 11 is 0. The van der Waals surface area contributed by atoms with E-state index in [1.807, 2.05) is 0 Å². The van der Waals surface area contributed by atoms with E-state index in [2.05, 4.69) is 10.2 Å². The summed E-state index contributed by atoms with van der Waals surface area (Å²) in [6.07, 6.45) is 1.38. The van der Waals surface area contributed by atoms with Crippen molar-refractivity contribution in [2.24, 2.45) is 5.10 Å². The number of aryl methyl sites for hydroxylation is 1. The number of nitrogens with one attached hydrogen (secondary N) is 1. The molecule has 4 rings (SSSR count). The maximum absolute atomic E-state index is 13.0. The maximum Gasteiger partial charge on any atom is 0.294 e. The van der Waals surface area contributed by atoms with Crippen molar-refractivity contribution in [3.63, 3.8) is 0 Å². The first-order valence-corrected chi connectivity index (χ1v) is 12.7. The monoisotopic (exact) mass is 552 g/mol. The molecule has 0 saturated carbocycles. The highest BCUT2D eigenvalue weighted by Gasteiger charge is 2.30. The van der Waals surface area contributed by atoms with E-state index in [1.165, 1.54) is 30.3 Å². The van der Waals surface area contributed by atoms with Crippen LogP contribution in [0.5, 0.6) is 0 Å². The van der Waals surface area contributed by atoms with Crippen molar-refractivity contribution < 1.29 is 30.7 Å². The summed E-state index contributed by atoms with van der Waals surface area (Å²) in [5.74, 6) is -0.550. The molecule has 16 heteroatoms. The molecule has 1 amide bonds. The average Bonchev–Trinajstić information content (AvgIpc) is 3.23. The SMILES string of the molecule is CC1=NN(c2ccc(S(=O)(=O)O)cc2)C(=O)C1=Cc1c(C)[nH]n(-c2ccc(S(=O)(=O)O)cc2)c1=O.N.N. The van der Waals surface area contributed by atoms with Crippen LogP contribution < -0.4 is 22.9 Å². The van der Waals surface area contributed by atoms with E-state index >= 15 is 0 Å². The van der Waals surface area contributed by atoms with Crippen molar-refractivity contribution in [3.05, 3.63) is 75.7 Å². The van der Waals surface area contributed by atoms with Gasteiger partial charge in [-0.1, -0.05) is 0 Å². The molecule has 2 heterocycles. The molecule has 0 spiro atoms. The molecule has 1 aliphatic rings. The number of aromatic nitrogens is 2. The maximum atomic E-state index is 13.0. The molecule has 0 fully saturated rings. The zero-order chi connectivity index (χ0) is 25.7.